The van der Waals surface area contributed by atoms with E-state index in [1.807, 2.05) is 12.4 Å². The van der Waals surface area contributed by atoms with Crippen LogP contribution in [-0.2, 0) is 0 Å². The highest BCUT2D eigenvalue weighted by Crippen LogP contribution is 2.34. The zero-order valence-corrected chi connectivity index (χ0v) is 11.6. The first kappa shape index (κ1) is 12.3. The summed E-state index contributed by atoms with van der Waals surface area (Å²) in [6, 6.07) is 2.88. The molecule has 1 N–H and O–H groups in total. The molecule has 1 aliphatic carbocycles. The first-order valence-corrected chi connectivity index (χ1v) is 7.87. The van der Waals surface area contributed by atoms with Crippen LogP contribution >= 0.6 is 11.9 Å². The minimum atomic E-state index is 0.708. The van der Waals surface area contributed by atoms with Crippen molar-refractivity contribution in [2.45, 2.75) is 55.9 Å². The maximum absolute atomic E-state index is 4.22. The van der Waals surface area contributed by atoms with Gasteiger partial charge in [-0.05, 0) is 30.9 Å². The lowest BCUT2D eigenvalue weighted by Gasteiger charge is -2.38. The average Bonchev–Trinajstić information content (AvgIpc) is 2.38. The van der Waals surface area contributed by atoms with Crippen molar-refractivity contribution in [3.05, 3.63) is 18.5 Å². The molecular weight excluding hydrogens is 242 g/mol. The fourth-order valence-corrected chi connectivity index (χ4v) is 3.79. The number of rotatable bonds is 1. The van der Waals surface area contributed by atoms with Crippen LogP contribution in [0.3, 0.4) is 0 Å². The minimum absolute atomic E-state index is 0.708. The number of fused-ring (bicyclic) bond motifs is 1. The van der Waals surface area contributed by atoms with E-state index in [9.17, 15) is 0 Å². The Morgan fingerprint density at radius 2 is 1.94 bits per heavy atom. The van der Waals surface area contributed by atoms with Crippen molar-refractivity contribution >= 4 is 17.6 Å². The number of hydrogen-bond donors (Lipinski definition) is 1. The molecular formula is C14H21N3S. The molecule has 18 heavy (non-hydrogen) atoms. The SMILES string of the molecule is c1cc2c(cn1)SNCN2C1CCCCCCC1. The second-order valence-electron chi connectivity index (χ2n) is 5.22. The van der Waals surface area contributed by atoms with Crippen LogP contribution in [0.25, 0.3) is 0 Å². The Hall–Kier alpha value is -0.740. The molecule has 1 aliphatic heterocycles. The monoisotopic (exact) mass is 263 g/mol. The van der Waals surface area contributed by atoms with Gasteiger partial charge in [0.15, 0.2) is 0 Å². The Kier molecular flexibility index (Phi) is 4.06. The van der Waals surface area contributed by atoms with Gasteiger partial charge in [0.2, 0.25) is 0 Å². The van der Waals surface area contributed by atoms with Gasteiger partial charge in [0.1, 0.15) is 0 Å². The number of anilines is 1. The van der Waals surface area contributed by atoms with Gasteiger partial charge in [-0.3, -0.25) is 4.98 Å². The van der Waals surface area contributed by atoms with Gasteiger partial charge in [-0.25, -0.2) is 4.72 Å². The zero-order valence-electron chi connectivity index (χ0n) is 10.8. The van der Waals surface area contributed by atoms with E-state index in [-0.39, 0.29) is 0 Å². The number of aromatic nitrogens is 1. The number of hydrogen-bond acceptors (Lipinski definition) is 4. The molecule has 0 aromatic carbocycles. The molecule has 2 aliphatic rings. The van der Waals surface area contributed by atoms with E-state index in [4.69, 9.17) is 0 Å². The van der Waals surface area contributed by atoms with E-state index in [2.05, 4.69) is 20.7 Å². The highest BCUT2D eigenvalue weighted by Gasteiger charge is 2.24. The normalized spacial score (nSPS) is 22.1. The van der Waals surface area contributed by atoms with Gasteiger partial charge in [-0.1, -0.05) is 32.1 Å². The summed E-state index contributed by atoms with van der Waals surface area (Å²) >= 11 is 1.71. The third kappa shape index (κ3) is 2.64. The average molecular weight is 263 g/mol. The van der Waals surface area contributed by atoms with Crippen molar-refractivity contribution in [1.82, 2.24) is 9.71 Å². The van der Waals surface area contributed by atoms with Crippen molar-refractivity contribution in [2.24, 2.45) is 0 Å². The van der Waals surface area contributed by atoms with E-state index in [0.29, 0.717) is 6.04 Å². The predicted molar refractivity (Wildman–Crippen MR) is 76.7 cm³/mol. The van der Waals surface area contributed by atoms with E-state index in [1.165, 1.54) is 55.5 Å². The molecule has 0 amide bonds. The van der Waals surface area contributed by atoms with E-state index < -0.39 is 0 Å². The van der Waals surface area contributed by atoms with Crippen LogP contribution in [0.15, 0.2) is 23.4 Å². The van der Waals surface area contributed by atoms with Gasteiger partial charge in [0.25, 0.3) is 0 Å². The quantitative estimate of drug-likeness (QED) is 0.784. The number of nitrogens with zero attached hydrogens (tertiary/aromatic N) is 2. The fourth-order valence-electron chi connectivity index (χ4n) is 3.03. The third-order valence-corrected chi connectivity index (χ3v) is 4.81. The van der Waals surface area contributed by atoms with Gasteiger partial charge < -0.3 is 4.90 Å². The molecule has 2 heterocycles. The van der Waals surface area contributed by atoms with Crippen LogP contribution < -0.4 is 9.62 Å². The Labute approximate surface area is 113 Å². The summed E-state index contributed by atoms with van der Waals surface area (Å²) in [4.78, 5) is 8.05. The van der Waals surface area contributed by atoms with Gasteiger partial charge in [-0.2, -0.15) is 0 Å². The van der Waals surface area contributed by atoms with E-state index in [0.717, 1.165) is 6.67 Å². The lowest BCUT2D eigenvalue weighted by atomic mass is 9.95. The molecule has 3 nitrogen and oxygen atoms in total. The summed E-state index contributed by atoms with van der Waals surface area (Å²) in [5.74, 6) is 0. The molecule has 0 atom stereocenters. The fraction of sp³-hybridized carbons (Fsp3) is 0.643. The van der Waals surface area contributed by atoms with Crippen molar-refractivity contribution in [2.75, 3.05) is 11.6 Å². The van der Waals surface area contributed by atoms with Gasteiger partial charge in [0.05, 0.1) is 17.3 Å². The predicted octanol–water partition coefficient (Wildman–Crippen LogP) is 3.57. The van der Waals surface area contributed by atoms with Crippen LogP contribution in [0.1, 0.15) is 44.9 Å². The summed E-state index contributed by atoms with van der Waals surface area (Å²) in [7, 11) is 0. The van der Waals surface area contributed by atoms with Gasteiger partial charge >= 0.3 is 0 Å². The maximum Gasteiger partial charge on any atom is 0.0781 e. The third-order valence-electron chi connectivity index (χ3n) is 4.00. The molecule has 1 aromatic rings. The van der Waals surface area contributed by atoms with Crippen LogP contribution in [-0.4, -0.2) is 17.7 Å². The topological polar surface area (TPSA) is 28.2 Å². The first-order valence-electron chi connectivity index (χ1n) is 7.05. The standard InChI is InChI=1S/C14H21N3S/c1-2-4-6-12(7-5-3-1)17-11-16-18-14-10-15-9-8-13(14)17/h8-10,12,16H,1-7,11H2. The largest absolute Gasteiger partial charge is 0.354 e. The zero-order chi connectivity index (χ0) is 12.2. The van der Waals surface area contributed by atoms with Gasteiger partial charge in [-0.15, -0.1) is 0 Å². The summed E-state index contributed by atoms with van der Waals surface area (Å²) in [6.07, 6.45) is 13.6. The number of pyridine rings is 1. The maximum atomic E-state index is 4.22. The molecule has 0 spiro atoms. The Morgan fingerprint density at radius 3 is 2.78 bits per heavy atom. The second-order valence-corrected chi connectivity index (χ2v) is 6.15. The number of nitrogens with one attached hydrogen (secondary N) is 1. The first-order chi connectivity index (χ1) is 8.95. The van der Waals surface area contributed by atoms with Crippen LogP contribution in [0.2, 0.25) is 0 Å². The second kappa shape index (κ2) is 5.93. The highest BCUT2D eigenvalue weighted by molar-refractivity contribution is 7.97. The summed E-state index contributed by atoms with van der Waals surface area (Å²) in [5, 5.41) is 0. The Balaban J connectivity index is 1.79. The van der Waals surface area contributed by atoms with Gasteiger partial charge in [0, 0.05) is 18.4 Å². The molecule has 0 bridgehead atoms. The molecule has 0 saturated heterocycles. The molecule has 4 heteroatoms. The van der Waals surface area contributed by atoms with E-state index in [1.54, 1.807) is 11.9 Å². The molecule has 3 rings (SSSR count). The lowest BCUT2D eigenvalue weighted by Crippen LogP contribution is -2.43. The van der Waals surface area contributed by atoms with Crippen molar-refractivity contribution in [1.29, 1.82) is 0 Å². The van der Waals surface area contributed by atoms with Crippen LogP contribution in [0.5, 0.6) is 0 Å². The smallest absolute Gasteiger partial charge is 0.0781 e. The van der Waals surface area contributed by atoms with Crippen molar-refractivity contribution in [3.63, 3.8) is 0 Å². The molecule has 0 unspecified atom stereocenters. The van der Waals surface area contributed by atoms with Crippen LogP contribution in [0, 0.1) is 0 Å². The molecule has 1 aromatic heterocycles. The minimum Gasteiger partial charge on any atom is -0.354 e. The Morgan fingerprint density at radius 1 is 1.17 bits per heavy atom. The summed E-state index contributed by atoms with van der Waals surface area (Å²) < 4.78 is 3.43. The molecule has 98 valence electrons. The molecule has 0 radical (unpaired) electrons. The van der Waals surface area contributed by atoms with E-state index >= 15 is 0 Å². The summed E-state index contributed by atoms with van der Waals surface area (Å²) in [6.45, 7) is 0.965. The highest BCUT2D eigenvalue weighted by atomic mass is 32.2. The molecule has 1 fully saturated rings. The van der Waals surface area contributed by atoms with Crippen molar-refractivity contribution in [3.8, 4) is 0 Å². The van der Waals surface area contributed by atoms with Crippen molar-refractivity contribution < 1.29 is 0 Å². The molecule has 1 saturated carbocycles. The summed E-state index contributed by atoms with van der Waals surface area (Å²) in [5.41, 5.74) is 1.37. The van der Waals surface area contributed by atoms with Crippen LogP contribution in [0.4, 0.5) is 5.69 Å². The Bertz CT molecular complexity index is 388. The lowest BCUT2D eigenvalue weighted by molar-refractivity contribution is 0.426.